The molecular formula is C22H25ClN6O5. The Morgan fingerprint density at radius 1 is 1.29 bits per heavy atom. The number of carbonyl (C=O) groups excluding carboxylic acids is 4. The molecule has 0 spiro atoms. The minimum Gasteiger partial charge on any atom is -0.411 e. The predicted octanol–water partition coefficient (Wildman–Crippen LogP) is 1.23. The Morgan fingerprint density at radius 3 is 2.71 bits per heavy atom. The smallest absolute Gasteiger partial charge is 0.325 e. The number of rotatable bonds is 7. The number of aromatic nitrogens is 1. The lowest BCUT2D eigenvalue weighted by Gasteiger charge is -2.25. The van der Waals surface area contributed by atoms with Gasteiger partial charge in [-0.05, 0) is 48.7 Å². The van der Waals surface area contributed by atoms with Crippen LogP contribution in [0.2, 0.25) is 5.02 Å². The van der Waals surface area contributed by atoms with Crippen LogP contribution >= 0.6 is 11.6 Å². The zero-order chi connectivity index (χ0) is 24.7. The number of amides is 5. The van der Waals surface area contributed by atoms with E-state index < -0.39 is 42.3 Å². The van der Waals surface area contributed by atoms with Crippen LogP contribution in [0, 0.1) is 5.92 Å². The maximum Gasteiger partial charge on any atom is 0.325 e. The normalized spacial score (nSPS) is 16.8. The summed E-state index contributed by atoms with van der Waals surface area (Å²) >= 11 is 6.06. The van der Waals surface area contributed by atoms with Crippen molar-refractivity contribution in [2.75, 3.05) is 18.4 Å². The van der Waals surface area contributed by atoms with E-state index in [1.165, 1.54) is 12.4 Å². The molecule has 2 unspecified atom stereocenters. The van der Waals surface area contributed by atoms with Crippen molar-refractivity contribution in [1.82, 2.24) is 20.5 Å². The van der Waals surface area contributed by atoms with Gasteiger partial charge in [0.2, 0.25) is 17.7 Å². The maximum atomic E-state index is 13.2. The lowest BCUT2D eigenvalue weighted by molar-refractivity contribution is -0.133. The van der Waals surface area contributed by atoms with Crippen LogP contribution in [0.5, 0.6) is 5.75 Å². The molecule has 0 aliphatic carbocycles. The van der Waals surface area contributed by atoms with Crippen molar-refractivity contribution in [3.63, 3.8) is 0 Å². The summed E-state index contributed by atoms with van der Waals surface area (Å²) in [7, 11) is 0. The number of carbonyl (C=O) groups is 4. The Labute approximate surface area is 200 Å². The maximum absolute atomic E-state index is 13.2. The summed E-state index contributed by atoms with van der Waals surface area (Å²) < 4.78 is 0. The number of nitrogens with one attached hydrogen (secondary N) is 3. The summed E-state index contributed by atoms with van der Waals surface area (Å²) in [5, 5.41) is 8.27. The second kappa shape index (κ2) is 11.4. The Balaban J connectivity index is 1.74. The summed E-state index contributed by atoms with van der Waals surface area (Å²) in [6.07, 6.45) is 3.42. The molecule has 0 saturated carbocycles. The first-order valence-corrected chi connectivity index (χ1v) is 10.9. The second-order valence-corrected chi connectivity index (χ2v) is 8.07. The number of nitrogens with zero attached hydrogens (tertiary/aromatic N) is 2. The van der Waals surface area contributed by atoms with Gasteiger partial charge in [0.25, 0.3) is 0 Å². The number of pyridine rings is 1. The molecule has 180 valence electrons. The van der Waals surface area contributed by atoms with Gasteiger partial charge in [-0.2, -0.15) is 5.90 Å². The lowest BCUT2D eigenvalue weighted by atomic mass is 9.97. The summed E-state index contributed by atoms with van der Waals surface area (Å²) in [6, 6.07) is 6.20. The van der Waals surface area contributed by atoms with Crippen molar-refractivity contribution >= 4 is 41.0 Å². The molecule has 2 heterocycles. The van der Waals surface area contributed by atoms with Gasteiger partial charge in [-0.15, -0.1) is 0 Å². The summed E-state index contributed by atoms with van der Waals surface area (Å²) in [5.41, 5.74) is 1.06. The van der Waals surface area contributed by atoms with Crippen LogP contribution in [-0.4, -0.2) is 52.8 Å². The molecule has 0 bridgehead atoms. The lowest BCUT2D eigenvalue weighted by Crippen LogP contribution is -2.53. The van der Waals surface area contributed by atoms with E-state index in [1.807, 2.05) is 0 Å². The fourth-order valence-electron chi connectivity index (χ4n) is 3.49. The molecule has 2 aromatic rings. The van der Waals surface area contributed by atoms with E-state index in [0.717, 1.165) is 4.90 Å². The fraction of sp³-hybridized carbons (Fsp3) is 0.318. The average molecular weight is 489 g/mol. The van der Waals surface area contributed by atoms with Gasteiger partial charge in [-0.25, -0.2) is 4.79 Å². The summed E-state index contributed by atoms with van der Waals surface area (Å²) in [4.78, 5) is 60.5. The van der Waals surface area contributed by atoms with Crippen LogP contribution in [0.1, 0.15) is 18.9 Å². The number of anilines is 1. The van der Waals surface area contributed by atoms with Crippen LogP contribution in [0.4, 0.5) is 10.5 Å². The predicted molar refractivity (Wildman–Crippen MR) is 124 cm³/mol. The van der Waals surface area contributed by atoms with E-state index in [0.29, 0.717) is 22.0 Å². The molecule has 12 heteroatoms. The van der Waals surface area contributed by atoms with Crippen molar-refractivity contribution in [1.29, 1.82) is 0 Å². The Kier molecular flexibility index (Phi) is 8.39. The third kappa shape index (κ3) is 6.21. The van der Waals surface area contributed by atoms with Crippen LogP contribution in [-0.2, 0) is 20.8 Å². The third-order valence-corrected chi connectivity index (χ3v) is 5.53. The summed E-state index contributed by atoms with van der Waals surface area (Å²) in [5.74, 6) is 3.31. The van der Waals surface area contributed by atoms with Crippen LogP contribution < -0.4 is 26.7 Å². The van der Waals surface area contributed by atoms with Crippen molar-refractivity contribution in [2.24, 2.45) is 11.8 Å². The first-order valence-electron chi connectivity index (χ1n) is 10.6. The largest absolute Gasteiger partial charge is 0.411 e. The number of imide groups is 1. The average Bonchev–Trinajstić information content (AvgIpc) is 2.96. The Bertz CT molecular complexity index is 1070. The first kappa shape index (κ1) is 24.9. The van der Waals surface area contributed by atoms with E-state index in [9.17, 15) is 19.2 Å². The minimum absolute atomic E-state index is 0.0116. The SMILES string of the molecule is CCC(NC(=O)N1CC(=O)NCC(Cc2cc(Cl)ccc2ON)C1=O)C(=O)Nc1ccncc1. The van der Waals surface area contributed by atoms with Crippen LogP contribution in [0.25, 0.3) is 0 Å². The molecule has 1 saturated heterocycles. The molecule has 1 aromatic carbocycles. The third-order valence-electron chi connectivity index (χ3n) is 5.29. The van der Waals surface area contributed by atoms with Crippen LogP contribution in [0.15, 0.2) is 42.7 Å². The van der Waals surface area contributed by atoms with Gasteiger partial charge in [0.05, 0.1) is 5.92 Å². The molecule has 5 N–H and O–H groups in total. The highest BCUT2D eigenvalue weighted by Gasteiger charge is 2.35. The molecule has 0 radical (unpaired) electrons. The van der Waals surface area contributed by atoms with Gasteiger partial charge in [-0.1, -0.05) is 18.5 Å². The van der Waals surface area contributed by atoms with E-state index in [2.05, 4.69) is 20.9 Å². The molecule has 1 fully saturated rings. The fourth-order valence-corrected chi connectivity index (χ4v) is 3.68. The van der Waals surface area contributed by atoms with Crippen LogP contribution in [0.3, 0.4) is 0 Å². The number of halogens is 1. The van der Waals surface area contributed by atoms with Crippen molar-refractivity contribution in [3.8, 4) is 5.75 Å². The molecule has 2 atom stereocenters. The topological polar surface area (TPSA) is 156 Å². The monoisotopic (exact) mass is 488 g/mol. The first-order chi connectivity index (χ1) is 16.3. The van der Waals surface area contributed by atoms with Gasteiger partial charge in [-0.3, -0.25) is 24.3 Å². The molecule has 3 rings (SSSR count). The minimum atomic E-state index is -0.927. The van der Waals surface area contributed by atoms with E-state index in [-0.39, 0.29) is 19.4 Å². The number of hydrogen-bond acceptors (Lipinski definition) is 7. The molecule has 1 aromatic heterocycles. The molecule has 5 amide bonds. The second-order valence-electron chi connectivity index (χ2n) is 7.63. The number of nitrogens with two attached hydrogens (primary N) is 1. The van der Waals surface area contributed by atoms with Crippen molar-refractivity contribution in [2.45, 2.75) is 25.8 Å². The van der Waals surface area contributed by atoms with Gasteiger partial charge in [0.15, 0.2) is 0 Å². The van der Waals surface area contributed by atoms with Gasteiger partial charge < -0.3 is 20.8 Å². The molecule has 1 aliphatic rings. The van der Waals surface area contributed by atoms with E-state index in [1.54, 1.807) is 37.3 Å². The highest BCUT2D eigenvalue weighted by atomic mass is 35.5. The van der Waals surface area contributed by atoms with Gasteiger partial charge in [0.1, 0.15) is 18.3 Å². The highest BCUT2D eigenvalue weighted by molar-refractivity contribution is 6.30. The Hall–Kier alpha value is -3.70. The molecular weight excluding hydrogens is 464 g/mol. The zero-order valence-electron chi connectivity index (χ0n) is 18.4. The van der Waals surface area contributed by atoms with E-state index in [4.69, 9.17) is 22.3 Å². The van der Waals surface area contributed by atoms with E-state index >= 15 is 0 Å². The Morgan fingerprint density at radius 2 is 2.03 bits per heavy atom. The molecule has 34 heavy (non-hydrogen) atoms. The van der Waals surface area contributed by atoms with Gasteiger partial charge in [0, 0.05) is 29.6 Å². The van der Waals surface area contributed by atoms with Gasteiger partial charge >= 0.3 is 6.03 Å². The summed E-state index contributed by atoms with van der Waals surface area (Å²) in [6.45, 7) is 1.25. The van der Waals surface area contributed by atoms with Crippen molar-refractivity contribution < 1.29 is 24.0 Å². The number of hydrogen-bond donors (Lipinski definition) is 4. The number of benzene rings is 1. The molecule has 1 aliphatic heterocycles. The quantitative estimate of drug-likeness (QED) is 0.427. The van der Waals surface area contributed by atoms with Crippen molar-refractivity contribution in [3.05, 3.63) is 53.3 Å². The highest BCUT2D eigenvalue weighted by Crippen LogP contribution is 2.26. The number of urea groups is 1. The molecule has 11 nitrogen and oxygen atoms in total. The zero-order valence-corrected chi connectivity index (χ0v) is 19.2. The standard InChI is InChI=1S/C22H25ClN6O5/c1-2-17(20(31)27-16-5-7-25-8-6-16)28-22(33)29-12-19(30)26-11-14(21(29)32)9-13-10-15(23)3-4-18(13)34-24/h3-8,10,14,17H,2,9,11-12,24H2,1H3,(H,26,30)(H,28,33)(H,25,27,31).